The van der Waals surface area contributed by atoms with Crippen LogP contribution in [0, 0.1) is 5.82 Å². The number of anilines is 1. The number of nitrogens with zero attached hydrogens (tertiary/aromatic N) is 2. The van der Waals surface area contributed by atoms with E-state index >= 15 is 0 Å². The van der Waals surface area contributed by atoms with Gasteiger partial charge in [0, 0.05) is 30.5 Å². The van der Waals surface area contributed by atoms with Gasteiger partial charge >= 0.3 is 0 Å². The number of thiazole rings is 1. The van der Waals surface area contributed by atoms with Crippen molar-refractivity contribution in [2.24, 2.45) is 0 Å². The first-order valence-electron chi connectivity index (χ1n) is 10.4. The van der Waals surface area contributed by atoms with Crippen molar-refractivity contribution in [2.45, 2.75) is 29.4 Å². The van der Waals surface area contributed by atoms with E-state index in [1.165, 1.54) is 12.1 Å². The van der Waals surface area contributed by atoms with E-state index in [1.807, 2.05) is 23.6 Å². The molecule has 0 aliphatic carbocycles. The van der Waals surface area contributed by atoms with Crippen LogP contribution in [0.1, 0.15) is 24.1 Å². The van der Waals surface area contributed by atoms with E-state index in [-0.39, 0.29) is 9.92 Å². The Kier molecular flexibility index (Phi) is 7.11. The Balaban J connectivity index is 1.43. The topological polar surface area (TPSA) is 68.7 Å². The zero-order valence-electron chi connectivity index (χ0n) is 18.3. The molecule has 1 saturated heterocycles. The fraction of sp³-hybridized carbons (Fsp3) is 0.348. The maximum absolute atomic E-state index is 13.4. The van der Waals surface area contributed by atoms with Gasteiger partial charge in [-0.25, -0.2) is 17.8 Å². The average molecular weight is 511 g/mol. The van der Waals surface area contributed by atoms with E-state index in [0.717, 1.165) is 34.0 Å². The number of rotatable bonds is 7. The van der Waals surface area contributed by atoms with Gasteiger partial charge in [0.2, 0.25) is 0 Å². The highest BCUT2D eigenvalue weighted by molar-refractivity contribution is 7.92. The van der Waals surface area contributed by atoms with Crippen molar-refractivity contribution in [1.29, 1.82) is 0 Å². The van der Waals surface area contributed by atoms with Gasteiger partial charge in [-0.05, 0) is 49.2 Å². The Morgan fingerprint density at radius 2 is 1.91 bits per heavy atom. The number of ether oxygens (including phenoxy) is 2. The van der Waals surface area contributed by atoms with Gasteiger partial charge in [-0.3, -0.25) is 0 Å². The Morgan fingerprint density at radius 1 is 1.15 bits per heavy atom. The number of sulfone groups is 1. The first-order chi connectivity index (χ1) is 15.8. The summed E-state index contributed by atoms with van der Waals surface area (Å²) in [7, 11) is -0.316. The molecule has 0 unspecified atom stereocenters. The molecular formula is C23H24ClFN2O4S2. The third kappa shape index (κ3) is 5.10. The summed E-state index contributed by atoms with van der Waals surface area (Å²) in [4.78, 5) is 6.94. The standard InChI is InChI=1S/C23H24ClFN2O4S2/c1-30-17-3-6-22(31-2)15(12-17)11-16-14-32-23(26-16)27-9-7-18(8-10-27)33(28,29)19-4-5-21(25)20(24)13-19/h3-6,12-14,18H,7-11H2,1-2H3. The number of methoxy groups -OCH3 is 2. The molecule has 176 valence electrons. The Morgan fingerprint density at radius 3 is 2.58 bits per heavy atom. The third-order valence-corrected chi connectivity index (χ3v) is 9.27. The van der Waals surface area contributed by atoms with Crippen LogP contribution in [0.4, 0.5) is 9.52 Å². The second-order valence-corrected chi connectivity index (χ2v) is 11.3. The minimum Gasteiger partial charge on any atom is -0.497 e. The lowest BCUT2D eigenvalue weighted by Crippen LogP contribution is -2.39. The average Bonchev–Trinajstić information content (AvgIpc) is 3.29. The number of piperidine rings is 1. The molecule has 2 heterocycles. The van der Waals surface area contributed by atoms with Crippen LogP contribution in [0.2, 0.25) is 5.02 Å². The lowest BCUT2D eigenvalue weighted by atomic mass is 10.1. The van der Waals surface area contributed by atoms with Crippen molar-refractivity contribution in [2.75, 3.05) is 32.2 Å². The summed E-state index contributed by atoms with van der Waals surface area (Å²) in [6.45, 7) is 1.16. The molecule has 0 amide bonds. The Bertz CT molecular complexity index is 1240. The van der Waals surface area contributed by atoms with Gasteiger partial charge in [0.1, 0.15) is 17.3 Å². The molecule has 1 aliphatic heterocycles. The molecule has 3 aromatic rings. The van der Waals surface area contributed by atoms with Crippen molar-refractivity contribution in [1.82, 2.24) is 4.98 Å². The largest absolute Gasteiger partial charge is 0.497 e. The quantitative estimate of drug-likeness (QED) is 0.417. The smallest absolute Gasteiger partial charge is 0.185 e. The molecule has 10 heteroatoms. The number of aromatic nitrogens is 1. The number of hydrogen-bond donors (Lipinski definition) is 0. The molecule has 0 spiro atoms. The van der Waals surface area contributed by atoms with Crippen LogP contribution in [0.3, 0.4) is 0 Å². The lowest BCUT2D eigenvalue weighted by Gasteiger charge is -2.31. The van der Waals surface area contributed by atoms with Crippen LogP contribution < -0.4 is 14.4 Å². The fourth-order valence-electron chi connectivity index (χ4n) is 3.94. The van der Waals surface area contributed by atoms with Crippen LogP contribution in [-0.2, 0) is 16.3 Å². The van der Waals surface area contributed by atoms with E-state index in [2.05, 4.69) is 4.90 Å². The second-order valence-electron chi connectivity index (χ2n) is 7.78. The predicted octanol–water partition coefficient (Wildman–Crippen LogP) is 4.99. The van der Waals surface area contributed by atoms with Gasteiger partial charge in [0.05, 0.1) is 35.1 Å². The molecule has 2 aromatic carbocycles. The van der Waals surface area contributed by atoms with E-state index in [9.17, 15) is 12.8 Å². The van der Waals surface area contributed by atoms with Crippen molar-refractivity contribution in [3.05, 3.63) is 63.9 Å². The van der Waals surface area contributed by atoms with Crippen LogP contribution in [-0.4, -0.2) is 46.0 Å². The van der Waals surface area contributed by atoms with Gasteiger partial charge in [-0.15, -0.1) is 11.3 Å². The normalized spacial score (nSPS) is 15.0. The van der Waals surface area contributed by atoms with Gasteiger partial charge in [-0.2, -0.15) is 0 Å². The van der Waals surface area contributed by atoms with E-state index < -0.39 is 20.9 Å². The molecule has 0 N–H and O–H groups in total. The van der Waals surface area contributed by atoms with Crippen LogP contribution in [0.25, 0.3) is 0 Å². The third-order valence-electron chi connectivity index (χ3n) is 5.77. The molecule has 0 radical (unpaired) electrons. The molecule has 0 atom stereocenters. The summed E-state index contributed by atoms with van der Waals surface area (Å²) in [5.74, 6) is 0.904. The van der Waals surface area contributed by atoms with Crippen molar-refractivity contribution in [3.63, 3.8) is 0 Å². The van der Waals surface area contributed by atoms with Crippen LogP contribution in [0.15, 0.2) is 46.7 Å². The first-order valence-corrected chi connectivity index (χ1v) is 13.2. The summed E-state index contributed by atoms with van der Waals surface area (Å²) in [5, 5.41) is 2.16. The molecule has 0 bridgehead atoms. The van der Waals surface area contributed by atoms with Gasteiger partial charge in [-0.1, -0.05) is 11.6 Å². The number of benzene rings is 2. The van der Waals surface area contributed by atoms with Crippen LogP contribution >= 0.6 is 22.9 Å². The van der Waals surface area contributed by atoms with Crippen molar-refractivity contribution < 1.29 is 22.3 Å². The van der Waals surface area contributed by atoms with E-state index in [4.69, 9.17) is 26.1 Å². The zero-order chi connectivity index (χ0) is 23.6. The molecule has 1 fully saturated rings. The maximum Gasteiger partial charge on any atom is 0.185 e. The molecular weight excluding hydrogens is 487 g/mol. The van der Waals surface area contributed by atoms with E-state index in [0.29, 0.717) is 32.4 Å². The summed E-state index contributed by atoms with van der Waals surface area (Å²) in [6, 6.07) is 9.24. The fourth-order valence-corrected chi connectivity index (χ4v) is 6.82. The Hall–Kier alpha value is -2.36. The molecule has 6 nitrogen and oxygen atoms in total. The summed E-state index contributed by atoms with van der Waals surface area (Å²) in [6.07, 6.45) is 1.54. The molecule has 0 saturated carbocycles. The highest BCUT2D eigenvalue weighted by Crippen LogP contribution is 2.32. The monoisotopic (exact) mass is 510 g/mol. The minimum absolute atomic E-state index is 0.0659. The highest BCUT2D eigenvalue weighted by Gasteiger charge is 2.32. The Labute approximate surface area is 201 Å². The lowest BCUT2D eigenvalue weighted by molar-refractivity contribution is 0.399. The van der Waals surface area contributed by atoms with Crippen molar-refractivity contribution >= 4 is 37.9 Å². The van der Waals surface area contributed by atoms with Crippen molar-refractivity contribution in [3.8, 4) is 11.5 Å². The highest BCUT2D eigenvalue weighted by atomic mass is 35.5. The molecule has 1 aromatic heterocycles. The number of hydrogen-bond acceptors (Lipinski definition) is 7. The summed E-state index contributed by atoms with van der Waals surface area (Å²) in [5.41, 5.74) is 1.90. The SMILES string of the molecule is COc1ccc(OC)c(Cc2csc(N3CCC(S(=O)(=O)c4ccc(F)c(Cl)c4)CC3)n2)c1. The zero-order valence-corrected chi connectivity index (χ0v) is 20.6. The number of halogens is 2. The van der Waals surface area contributed by atoms with Gasteiger partial charge in [0.25, 0.3) is 0 Å². The minimum atomic E-state index is -3.58. The molecule has 4 rings (SSSR count). The first kappa shape index (κ1) is 23.8. The van der Waals surface area contributed by atoms with Gasteiger partial charge < -0.3 is 14.4 Å². The molecule has 33 heavy (non-hydrogen) atoms. The van der Waals surface area contributed by atoms with Gasteiger partial charge in [0.15, 0.2) is 15.0 Å². The van der Waals surface area contributed by atoms with E-state index in [1.54, 1.807) is 25.6 Å². The summed E-state index contributed by atoms with van der Waals surface area (Å²) >= 11 is 7.33. The second kappa shape index (κ2) is 9.87. The summed E-state index contributed by atoms with van der Waals surface area (Å²) < 4.78 is 50.2. The van der Waals surface area contributed by atoms with Crippen LogP contribution in [0.5, 0.6) is 11.5 Å². The maximum atomic E-state index is 13.4. The predicted molar refractivity (Wildman–Crippen MR) is 128 cm³/mol. The molecule has 1 aliphatic rings.